The molecule has 0 saturated carbocycles. The van der Waals surface area contributed by atoms with E-state index in [-0.39, 0.29) is 29.4 Å². The van der Waals surface area contributed by atoms with E-state index in [0.29, 0.717) is 11.3 Å². The topological polar surface area (TPSA) is 106 Å². The van der Waals surface area contributed by atoms with Crippen LogP contribution in [0.3, 0.4) is 0 Å². The molecule has 0 radical (unpaired) electrons. The Morgan fingerprint density at radius 1 is 1.45 bits per heavy atom. The number of nitriles is 1. The predicted octanol–water partition coefficient (Wildman–Crippen LogP) is 2.04. The Bertz CT molecular complexity index is 696. The predicted molar refractivity (Wildman–Crippen MR) is 78.1 cm³/mol. The lowest BCUT2D eigenvalue weighted by atomic mass is 9.83. The summed E-state index contributed by atoms with van der Waals surface area (Å²) in [6.45, 7) is 3.50. The zero-order valence-corrected chi connectivity index (χ0v) is 12.3. The monoisotopic (exact) mass is 300 g/mol. The van der Waals surface area contributed by atoms with E-state index in [1.54, 1.807) is 26.0 Å². The largest absolute Gasteiger partial charge is 0.508 e. The van der Waals surface area contributed by atoms with Crippen molar-refractivity contribution in [2.45, 2.75) is 19.8 Å². The van der Waals surface area contributed by atoms with Crippen molar-refractivity contribution in [3.05, 3.63) is 52.6 Å². The van der Waals surface area contributed by atoms with Crippen LogP contribution in [0.2, 0.25) is 0 Å². The molecule has 1 aromatic rings. The number of esters is 1. The summed E-state index contributed by atoms with van der Waals surface area (Å²) in [6.07, 6.45) is 0. The molecule has 1 atom stereocenters. The molecule has 114 valence electrons. The van der Waals surface area contributed by atoms with Crippen LogP contribution in [0.15, 0.2) is 47.1 Å². The Hall–Kier alpha value is -2.94. The number of hydrogen-bond donors (Lipinski definition) is 2. The maximum atomic E-state index is 12.2. The summed E-state index contributed by atoms with van der Waals surface area (Å²) < 4.78 is 10.4. The first-order chi connectivity index (χ1) is 10.5. The summed E-state index contributed by atoms with van der Waals surface area (Å²) in [5.74, 6) is -0.888. The number of phenolic OH excluding ortho intramolecular Hbond substituents is 1. The lowest BCUT2D eigenvalue weighted by molar-refractivity contribution is -0.139. The highest BCUT2D eigenvalue weighted by Gasteiger charge is 2.36. The van der Waals surface area contributed by atoms with Crippen LogP contribution in [-0.2, 0) is 14.3 Å². The second kappa shape index (κ2) is 6.22. The van der Waals surface area contributed by atoms with Crippen LogP contribution in [0, 0.1) is 11.3 Å². The normalized spacial score (nSPS) is 17.8. The Balaban J connectivity index is 2.59. The fourth-order valence-electron chi connectivity index (χ4n) is 2.35. The number of allylic oxidation sites excluding steroid dienone is 2. The molecule has 6 heteroatoms. The Morgan fingerprint density at radius 2 is 2.09 bits per heavy atom. The first kappa shape index (κ1) is 15.4. The van der Waals surface area contributed by atoms with Crippen molar-refractivity contribution in [1.29, 1.82) is 5.26 Å². The average molecular weight is 300 g/mol. The smallest absolute Gasteiger partial charge is 0.338 e. The van der Waals surface area contributed by atoms with Crippen LogP contribution in [-0.4, -0.2) is 17.7 Å². The number of nitrogens with zero attached hydrogens (tertiary/aromatic N) is 1. The fraction of sp³-hybridized carbons (Fsp3) is 0.250. The molecule has 0 aromatic heterocycles. The molecule has 0 unspecified atom stereocenters. The maximum Gasteiger partial charge on any atom is 0.338 e. The van der Waals surface area contributed by atoms with E-state index >= 15 is 0 Å². The van der Waals surface area contributed by atoms with Gasteiger partial charge in [-0.3, -0.25) is 0 Å². The third-order valence-electron chi connectivity index (χ3n) is 3.33. The number of ether oxygens (including phenoxy) is 2. The van der Waals surface area contributed by atoms with Gasteiger partial charge in [-0.2, -0.15) is 5.26 Å². The molecular weight excluding hydrogens is 284 g/mol. The molecule has 0 fully saturated rings. The van der Waals surface area contributed by atoms with Gasteiger partial charge in [-0.05, 0) is 31.5 Å². The second-order valence-corrected chi connectivity index (χ2v) is 4.71. The van der Waals surface area contributed by atoms with Crippen molar-refractivity contribution in [2.75, 3.05) is 6.61 Å². The van der Waals surface area contributed by atoms with E-state index < -0.39 is 11.9 Å². The van der Waals surface area contributed by atoms with Gasteiger partial charge in [0.2, 0.25) is 5.88 Å². The number of benzene rings is 1. The third kappa shape index (κ3) is 2.74. The molecule has 2 rings (SSSR count). The number of phenols is 1. The summed E-state index contributed by atoms with van der Waals surface area (Å²) in [6, 6.07) is 8.20. The van der Waals surface area contributed by atoms with Crippen molar-refractivity contribution in [1.82, 2.24) is 0 Å². The summed E-state index contributed by atoms with van der Waals surface area (Å²) in [7, 11) is 0. The Labute approximate surface area is 128 Å². The number of nitrogens with two attached hydrogens (primary N) is 1. The SMILES string of the molecule is CCOC(=O)C1=C(C)OC(N)=C(C#N)[C@@H]1c1ccc(O)cc1. The minimum Gasteiger partial charge on any atom is -0.508 e. The number of aromatic hydroxyl groups is 1. The van der Waals surface area contributed by atoms with Gasteiger partial charge in [0.25, 0.3) is 0 Å². The minimum atomic E-state index is -0.682. The Morgan fingerprint density at radius 3 is 2.64 bits per heavy atom. The molecule has 1 heterocycles. The second-order valence-electron chi connectivity index (χ2n) is 4.71. The molecule has 3 N–H and O–H groups in total. The summed E-state index contributed by atoms with van der Waals surface area (Å²) in [5, 5.41) is 18.8. The van der Waals surface area contributed by atoms with Crippen LogP contribution in [0.1, 0.15) is 25.3 Å². The lowest BCUT2D eigenvalue weighted by Crippen LogP contribution is -2.25. The molecule has 0 aliphatic carbocycles. The third-order valence-corrected chi connectivity index (χ3v) is 3.33. The quantitative estimate of drug-likeness (QED) is 0.827. The van der Waals surface area contributed by atoms with Gasteiger partial charge in [-0.1, -0.05) is 12.1 Å². The van der Waals surface area contributed by atoms with Gasteiger partial charge in [-0.15, -0.1) is 0 Å². The Kier molecular flexibility index (Phi) is 4.37. The highest BCUT2D eigenvalue weighted by atomic mass is 16.5. The molecular formula is C16H16N2O4. The van der Waals surface area contributed by atoms with Crippen LogP contribution in [0.5, 0.6) is 5.75 Å². The highest BCUT2D eigenvalue weighted by molar-refractivity contribution is 5.92. The van der Waals surface area contributed by atoms with Gasteiger partial charge in [0.1, 0.15) is 23.2 Å². The molecule has 0 spiro atoms. The molecule has 6 nitrogen and oxygen atoms in total. The van der Waals surface area contributed by atoms with E-state index in [9.17, 15) is 15.2 Å². The first-order valence-electron chi connectivity index (χ1n) is 6.74. The maximum absolute atomic E-state index is 12.2. The molecule has 0 bridgehead atoms. The number of hydrogen-bond acceptors (Lipinski definition) is 6. The van der Waals surface area contributed by atoms with E-state index in [1.807, 2.05) is 6.07 Å². The lowest BCUT2D eigenvalue weighted by Gasteiger charge is -2.26. The zero-order valence-electron chi connectivity index (χ0n) is 12.3. The molecule has 22 heavy (non-hydrogen) atoms. The van der Waals surface area contributed by atoms with E-state index in [0.717, 1.165) is 0 Å². The molecule has 0 saturated heterocycles. The van der Waals surface area contributed by atoms with Crippen molar-refractivity contribution >= 4 is 5.97 Å². The highest BCUT2D eigenvalue weighted by Crippen LogP contribution is 2.39. The van der Waals surface area contributed by atoms with Crippen LogP contribution in [0.4, 0.5) is 0 Å². The molecule has 0 amide bonds. The van der Waals surface area contributed by atoms with Crippen molar-refractivity contribution in [2.24, 2.45) is 5.73 Å². The van der Waals surface area contributed by atoms with Crippen molar-refractivity contribution in [3.8, 4) is 11.8 Å². The standard InChI is InChI=1S/C16H16N2O4/c1-3-21-16(20)13-9(2)22-15(18)12(8-17)14(13)10-4-6-11(19)7-5-10/h4-7,14,19H,3,18H2,1-2H3/t14-/m0/s1. The number of carbonyl (C=O) groups is 1. The van der Waals surface area contributed by atoms with Crippen molar-refractivity contribution < 1.29 is 19.4 Å². The van der Waals surface area contributed by atoms with Crippen molar-refractivity contribution in [3.63, 3.8) is 0 Å². The average Bonchev–Trinajstić information content (AvgIpc) is 2.47. The summed E-state index contributed by atoms with van der Waals surface area (Å²) in [4.78, 5) is 12.2. The van der Waals surface area contributed by atoms with Gasteiger partial charge in [-0.25, -0.2) is 4.79 Å². The van der Waals surface area contributed by atoms with Gasteiger partial charge >= 0.3 is 5.97 Å². The van der Waals surface area contributed by atoms with E-state index in [4.69, 9.17) is 15.2 Å². The fourth-order valence-corrected chi connectivity index (χ4v) is 2.35. The van der Waals surface area contributed by atoms with Gasteiger partial charge in [0.05, 0.1) is 18.1 Å². The van der Waals surface area contributed by atoms with E-state index in [1.165, 1.54) is 12.1 Å². The number of carbonyl (C=O) groups excluding carboxylic acids is 1. The summed E-state index contributed by atoms with van der Waals surface area (Å²) in [5.41, 5.74) is 6.79. The molecule has 1 aliphatic heterocycles. The van der Waals surface area contributed by atoms with Crippen LogP contribution in [0.25, 0.3) is 0 Å². The van der Waals surface area contributed by atoms with Gasteiger partial charge in [0.15, 0.2) is 0 Å². The first-order valence-corrected chi connectivity index (χ1v) is 6.74. The molecule has 1 aliphatic rings. The molecule has 1 aromatic carbocycles. The minimum absolute atomic E-state index is 0.0360. The number of rotatable bonds is 3. The van der Waals surface area contributed by atoms with Crippen LogP contribution < -0.4 is 5.73 Å². The van der Waals surface area contributed by atoms with Gasteiger partial charge in [0, 0.05) is 0 Å². The zero-order chi connectivity index (χ0) is 16.3. The van der Waals surface area contributed by atoms with Gasteiger partial charge < -0.3 is 20.3 Å². The van der Waals surface area contributed by atoms with Crippen LogP contribution >= 0.6 is 0 Å². The summed E-state index contributed by atoms with van der Waals surface area (Å²) >= 11 is 0. The van der Waals surface area contributed by atoms with E-state index in [2.05, 4.69) is 0 Å².